The SMILES string of the molecule is CC(Oc1ccc(Cl)c(Cl)c1)C(=O)Nc1ccc(F)cc1. The van der Waals surface area contributed by atoms with Gasteiger partial charge in [0.15, 0.2) is 6.10 Å². The van der Waals surface area contributed by atoms with E-state index in [4.69, 9.17) is 27.9 Å². The first-order valence-electron chi connectivity index (χ1n) is 6.14. The van der Waals surface area contributed by atoms with E-state index < -0.39 is 6.10 Å². The van der Waals surface area contributed by atoms with E-state index in [1.54, 1.807) is 19.1 Å². The Balaban J connectivity index is 1.98. The Kier molecular flexibility index (Phi) is 5.04. The smallest absolute Gasteiger partial charge is 0.265 e. The maximum Gasteiger partial charge on any atom is 0.265 e. The highest BCUT2D eigenvalue weighted by Crippen LogP contribution is 2.26. The monoisotopic (exact) mass is 327 g/mol. The summed E-state index contributed by atoms with van der Waals surface area (Å²) in [6.45, 7) is 1.60. The molecule has 1 atom stereocenters. The molecule has 0 saturated heterocycles. The summed E-state index contributed by atoms with van der Waals surface area (Å²) in [6, 6.07) is 10.2. The van der Waals surface area contributed by atoms with Crippen LogP contribution in [0, 0.1) is 5.82 Å². The predicted molar refractivity (Wildman–Crippen MR) is 81.6 cm³/mol. The highest BCUT2D eigenvalue weighted by atomic mass is 35.5. The second kappa shape index (κ2) is 6.78. The number of halogens is 3. The summed E-state index contributed by atoms with van der Waals surface area (Å²) in [7, 11) is 0. The molecule has 21 heavy (non-hydrogen) atoms. The van der Waals surface area contributed by atoms with Crippen LogP contribution >= 0.6 is 23.2 Å². The van der Waals surface area contributed by atoms with Gasteiger partial charge >= 0.3 is 0 Å². The summed E-state index contributed by atoms with van der Waals surface area (Å²) in [5.74, 6) is -0.285. The van der Waals surface area contributed by atoms with E-state index in [2.05, 4.69) is 5.32 Å². The summed E-state index contributed by atoms with van der Waals surface area (Å²) < 4.78 is 18.3. The van der Waals surface area contributed by atoms with E-state index in [0.29, 0.717) is 21.5 Å². The fraction of sp³-hybridized carbons (Fsp3) is 0.133. The van der Waals surface area contributed by atoms with Gasteiger partial charge in [0.05, 0.1) is 10.0 Å². The molecule has 0 spiro atoms. The number of ether oxygens (including phenoxy) is 1. The van der Waals surface area contributed by atoms with Crippen molar-refractivity contribution in [1.29, 1.82) is 0 Å². The highest BCUT2D eigenvalue weighted by Gasteiger charge is 2.15. The van der Waals surface area contributed by atoms with Crippen molar-refractivity contribution in [2.45, 2.75) is 13.0 Å². The van der Waals surface area contributed by atoms with Gasteiger partial charge in [0.2, 0.25) is 0 Å². The molecule has 110 valence electrons. The third-order valence-electron chi connectivity index (χ3n) is 2.68. The largest absolute Gasteiger partial charge is 0.481 e. The van der Waals surface area contributed by atoms with Crippen molar-refractivity contribution in [2.24, 2.45) is 0 Å². The van der Waals surface area contributed by atoms with Crippen molar-refractivity contribution in [3.8, 4) is 5.75 Å². The molecule has 1 N–H and O–H groups in total. The van der Waals surface area contributed by atoms with Crippen molar-refractivity contribution < 1.29 is 13.9 Å². The molecule has 2 aromatic carbocycles. The van der Waals surface area contributed by atoms with Gasteiger partial charge in [-0.3, -0.25) is 4.79 Å². The van der Waals surface area contributed by atoms with Crippen molar-refractivity contribution in [3.05, 3.63) is 58.3 Å². The van der Waals surface area contributed by atoms with E-state index in [9.17, 15) is 9.18 Å². The average molecular weight is 328 g/mol. The number of hydrogen-bond donors (Lipinski definition) is 1. The second-order valence-corrected chi connectivity index (χ2v) is 5.15. The number of hydrogen-bond acceptors (Lipinski definition) is 2. The number of rotatable bonds is 4. The quantitative estimate of drug-likeness (QED) is 0.895. The average Bonchev–Trinajstić information content (AvgIpc) is 2.45. The molecular formula is C15H12Cl2FNO2. The minimum atomic E-state index is -0.743. The predicted octanol–water partition coefficient (Wildman–Crippen LogP) is 4.54. The molecule has 0 aromatic heterocycles. The molecule has 6 heteroatoms. The summed E-state index contributed by atoms with van der Waals surface area (Å²) in [5, 5.41) is 3.38. The van der Waals surface area contributed by atoms with E-state index in [0.717, 1.165) is 0 Å². The molecule has 0 bridgehead atoms. The molecule has 1 amide bonds. The Morgan fingerprint density at radius 2 is 1.81 bits per heavy atom. The number of carbonyl (C=O) groups excluding carboxylic acids is 1. The van der Waals surface area contributed by atoms with Gasteiger partial charge in [-0.05, 0) is 43.3 Å². The minimum absolute atomic E-state index is 0.348. The Morgan fingerprint density at radius 1 is 1.14 bits per heavy atom. The summed E-state index contributed by atoms with van der Waals surface area (Å²) in [4.78, 5) is 12.0. The Bertz CT molecular complexity index is 647. The van der Waals surface area contributed by atoms with Gasteiger partial charge in [0.1, 0.15) is 11.6 Å². The number of carbonyl (C=O) groups is 1. The van der Waals surface area contributed by atoms with E-state index >= 15 is 0 Å². The zero-order valence-electron chi connectivity index (χ0n) is 11.1. The number of anilines is 1. The molecule has 0 heterocycles. The first-order chi connectivity index (χ1) is 9.95. The molecule has 3 nitrogen and oxygen atoms in total. The van der Waals surface area contributed by atoms with Crippen LogP contribution in [0.25, 0.3) is 0 Å². The summed E-state index contributed by atoms with van der Waals surface area (Å²) in [5.41, 5.74) is 0.492. The summed E-state index contributed by atoms with van der Waals surface area (Å²) >= 11 is 11.7. The van der Waals surface area contributed by atoms with Crippen LogP contribution < -0.4 is 10.1 Å². The Labute approximate surface area is 131 Å². The van der Waals surface area contributed by atoms with Crippen LogP contribution in [-0.2, 0) is 4.79 Å². The van der Waals surface area contributed by atoms with Crippen LogP contribution in [0.1, 0.15) is 6.92 Å². The summed E-state index contributed by atoms with van der Waals surface area (Å²) in [6.07, 6.45) is -0.743. The fourth-order valence-corrected chi connectivity index (χ4v) is 1.87. The van der Waals surface area contributed by atoms with Gasteiger partial charge < -0.3 is 10.1 Å². The first-order valence-corrected chi connectivity index (χ1v) is 6.89. The van der Waals surface area contributed by atoms with Crippen LogP contribution in [0.15, 0.2) is 42.5 Å². The van der Waals surface area contributed by atoms with Gasteiger partial charge in [0, 0.05) is 11.8 Å². The second-order valence-electron chi connectivity index (χ2n) is 4.33. The molecule has 2 aromatic rings. The molecule has 0 aliphatic heterocycles. The van der Waals surface area contributed by atoms with E-state index in [-0.39, 0.29) is 11.7 Å². The Hall–Kier alpha value is -1.78. The van der Waals surface area contributed by atoms with Crippen molar-refractivity contribution in [1.82, 2.24) is 0 Å². The van der Waals surface area contributed by atoms with Gasteiger partial charge in [-0.25, -0.2) is 4.39 Å². The molecule has 0 aliphatic carbocycles. The third kappa shape index (κ3) is 4.34. The first kappa shape index (κ1) is 15.6. The van der Waals surface area contributed by atoms with Gasteiger partial charge in [0.25, 0.3) is 5.91 Å². The molecule has 0 saturated carbocycles. The zero-order chi connectivity index (χ0) is 15.4. The van der Waals surface area contributed by atoms with Crippen LogP contribution in [0.2, 0.25) is 10.0 Å². The molecular weight excluding hydrogens is 316 g/mol. The maximum absolute atomic E-state index is 12.8. The number of nitrogens with one attached hydrogen (secondary N) is 1. The van der Waals surface area contributed by atoms with Crippen molar-refractivity contribution in [3.63, 3.8) is 0 Å². The van der Waals surface area contributed by atoms with Crippen molar-refractivity contribution in [2.75, 3.05) is 5.32 Å². The maximum atomic E-state index is 12.8. The Morgan fingerprint density at radius 3 is 2.43 bits per heavy atom. The molecule has 0 fully saturated rings. The van der Waals surface area contributed by atoms with Gasteiger partial charge in [-0.1, -0.05) is 23.2 Å². The lowest BCUT2D eigenvalue weighted by atomic mass is 10.3. The van der Waals surface area contributed by atoms with E-state index in [1.807, 2.05) is 0 Å². The lowest BCUT2D eigenvalue weighted by molar-refractivity contribution is -0.122. The fourth-order valence-electron chi connectivity index (χ4n) is 1.58. The van der Waals surface area contributed by atoms with Gasteiger partial charge in [-0.2, -0.15) is 0 Å². The van der Waals surface area contributed by atoms with E-state index in [1.165, 1.54) is 30.3 Å². The number of amides is 1. The highest BCUT2D eigenvalue weighted by molar-refractivity contribution is 6.42. The molecule has 0 radical (unpaired) electrons. The normalized spacial score (nSPS) is 11.8. The molecule has 1 unspecified atom stereocenters. The minimum Gasteiger partial charge on any atom is -0.481 e. The zero-order valence-corrected chi connectivity index (χ0v) is 12.6. The van der Waals surface area contributed by atoms with Crippen molar-refractivity contribution >= 4 is 34.8 Å². The molecule has 2 rings (SSSR count). The number of benzene rings is 2. The standard InChI is InChI=1S/C15H12Cl2FNO2/c1-9(21-12-6-7-13(16)14(17)8-12)15(20)19-11-4-2-10(18)3-5-11/h2-9H,1H3,(H,19,20). The topological polar surface area (TPSA) is 38.3 Å². The van der Waals surface area contributed by atoms with Crippen LogP contribution in [0.3, 0.4) is 0 Å². The van der Waals surface area contributed by atoms with Gasteiger partial charge in [-0.15, -0.1) is 0 Å². The lowest BCUT2D eigenvalue weighted by Gasteiger charge is -2.15. The lowest BCUT2D eigenvalue weighted by Crippen LogP contribution is -2.30. The van der Waals surface area contributed by atoms with Crippen LogP contribution in [-0.4, -0.2) is 12.0 Å². The molecule has 0 aliphatic rings. The van der Waals surface area contributed by atoms with Crippen LogP contribution in [0.5, 0.6) is 5.75 Å². The van der Waals surface area contributed by atoms with Crippen LogP contribution in [0.4, 0.5) is 10.1 Å². The third-order valence-corrected chi connectivity index (χ3v) is 3.42.